The van der Waals surface area contributed by atoms with Crippen LogP contribution in [0.4, 0.5) is 8.78 Å². The van der Waals surface area contributed by atoms with Crippen molar-refractivity contribution in [3.8, 4) is 0 Å². The molecule has 4 heteroatoms. The lowest BCUT2D eigenvalue weighted by Crippen LogP contribution is -2.28. The lowest BCUT2D eigenvalue weighted by molar-refractivity contribution is 0.0367. The average molecular weight is 254 g/mol. The van der Waals surface area contributed by atoms with Gasteiger partial charge >= 0.3 is 0 Å². The molecule has 0 heterocycles. The topological polar surface area (TPSA) is 26.3 Å². The Morgan fingerprint density at radius 2 is 2.11 bits per heavy atom. The molecule has 1 fully saturated rings. The molecule has 1 unspecified atom stereocenters. The number of benzene rings is 1. The Kier molecular flexibility index (Phi) is 3.76. The number of carbonyl (C=O) groups is 1. The van der Waals surface area contributed by atoms with Gasteiger partial charge in [0.05, 0.1) is 5.56 Å². The van der Waals surface area contributed by atoms with Gasteiger partial charge < -0.3 is 4.74 Å². The van der Waals surface area contributed by atoms with Gasteiger partial charge in [0.1, 0.15) is 17.7 Å². The van der Waals surface area contributed by atoms with Crippen molar-refractivity contribution in [3.63, 3.8) is 0 Å². The largest absolute Gasteiger partial charge is 0.370 e. The van der Waals surface area contributed by atoms with Gasteiger partial charge in [0.2, 0.25) is 0 Å². The number of halogens is 2. The van der Waals surface area contributed by atoms with Gasteiger partial charge in [-0.05, 0) is 44.2 Å². The smallest absolute Gasteiger partial charge is 0.197 e. The van der Waals surface area contributed by atoms with Gasteiger partial charge in [-0.3, -0.25) is 4.79 Å². The Morgan fingerprint density at radius 3 is 2.67 bits per heavy atom. The maximum atomic E-state index is 13.9. The van der Waals surface area contributed by atoms with Crippen molar-refractivity contribution >= 4 is 5.78 Å². The highest BCUT2D eigenvalue weighted by Gasteiger charge is 2.39. The fourth-order valence-corrected chi connectivity index (χ4v) is 2.03. The number of aryl methyl sites for hydroxylation is 1. The zero-order chi connectivity index (χ0) is 13.3. The maximum absolute atomic E-state index is 13.9. The van der Waals surface area contributed by atoms with Gasteiger partial charge in [0.15, 0.2) is 5.78 Å². The fourth-order valence-electron chi connectivity index (χ4n) is 2.03. The Labute approximate surface area is 105 Å². The summed E-state index contributed by atoms with van der Waals surface area (Å²) in [5, 5.41) is 0. The summed E-state index contributed by atoms with van der Waals surface area (Å²) in [6.07, 6.45) is 1.05. The molecular weight excluding hydrogens is 238 g/mol. The summed E-state index contributed by atoms with van der Waals surface area (Å²) in [5.74, 6) is -2.05. The Balaban J connectivity index is 2.34. The van der Waals surface area contributed by atoms with Crippen molar-refractivity contribution in [1.29, 1.82) is 0 Å². The minimum Gasteiger partial charge on any atom is -0.370 e. The highest BCUT2D eigenvalue weighted by Crippen LogP contribution is 2.36. The lowest BCUT2D eigenvalue weighted by Gasteiger charge is -2.16. The summed E-state index contributed by atoms with van der Waals surface area (Å²) < 4.78 is 32.9. The van der Waals surface area contributed by atoms with Crippen LogP contribution in [-0.2, 0) is 4.74 Å². The first-order chi connectivity index (χ1) is 8.56. The van der Waals surface area contributed by atoms with Crippen molar-refractivity contribution in [2.75, 3.05) is 6.61 Å². The van der Waals surface area contributed by atoms with E-state index in [0.717, 1.165) is 18.9 Å². The van der Waals surface area contributed by atoms with Crippen molar-refractivity contribution in [1.82, 2.24) is 0 Å². The van der Waals surface area contributed by atoms with Crippen LogP contribution in [0, 0.1) is 24.5 Å². The predicted molar refractivity (Wildman–Crippen MR) is 63.6 cm³/mol. The first-order valence-corrected chi connectivity index (χ1v) is 6.16. The molecule has 1 atom stereocenters. The summed E-state index contributed by atoms with van der Waals surface area (Å²) in [6, 6.07) is 2.45. The number of rotatable bonds is 5. The van der Waals surface area contributed by atoms with Gasteiger partial charge in [-0.2, -0.15) is 0 Å². The molecule has 1 aromatic carbocycles. The Bertz CT molecular complexity index is 467. The molecule has 0 spiro atoms. The molecular formula is C14H16F2O2. The van der Waals surface area contributed by atoms with Crippen LogP contribution in [0.1, 0.15) is 35.7 Å². The van der Waals surface area contributed by atoms with Crippen LogP contribution in [0.15, 0.2) is 12.1 Å². The first-order valence-electron chi connectivity index (χ1n) is 6.16. The highest BCUT2D eigenvalue weighted by molar-refractivity contribution is 6.00. The molecule has 2 rings (SSSR count). The van der Waals surface area contributed by atoms with E-state index >= 15 is 0 Å². The van der Waals surface area contributed by atoms with Crippen molar-refractivity contribution in [2.24, 2.45) is 5.92 Å². The second-order valence-corrected chi connectivity index (χ2v) is 4.63. The summed E-state index contributed by atoms with van der Waals surface area (Å²) >= 11 is 0. The van der Waals surface area contributed by atoms with Gasteiger partial charge in [0.25, 0.3) is 0 Å². The van der Waals surface area contributed by atoms with E-state index < -0.39 is 29.1 Å². The molecule has 1 aliphatic rings. The predicted octanol–water partition coefficient (Wildman–Crippen LogP) is 3.27. The second kappa shape index (κ2) is 5.14. The van der Waals surface area contributed by atoms with E-state index in [2.05, 4.69) is 0 Å². The van der Waals surface area contributed by atoms with Crippen LogP contribution in [0.2, 0.25) is 0 Å². The van der Waals surface area contributed by atoms with E-state index in [0.29, 0.717) is 6.61 Å². The third-order valence-corrected chi connectivity index (χ3v) is 3.19. The molecule has 0 amide bonds. The van der Waals surface area contributed by atoms with E-state index in [1.807, 2.05) is 0 Å². The highest BCUT2D eigenvalue weighted by atomic mass is 19.1. The molecule has 1 aromatic rings. The van der Waals surface area contributed by atoms with Gasteiger partial charge in [-0.15, -0.1) is 0 Å². The normalized spacial score (nSPS) is 16.7. The van der Waals surface area contributed by atoms with Crippen LogP contribution in [0.3, 0.4) is 0 Å². The third kappa shape index (κ3) is 2.43. The van der Waals surface area contributed by atoms with E-state index in [4.69, 9.17) is 4.74 Å². The van der Waals surface area contributed by atoms with Crippen LogP contribution < -0.4 is 0 Å². The van der Waals surface area contributed by atoms with Crippen LogP contribution in [0.5, 0.6) is 0 Å². The molecule has 2 nitrogen and oxygen atoms in total. The zero-order valence-electron chi connectivity index (χ0n) is 10.5. The lowest BCUT2D eigenvalue weighted by atomic mass is 9.99. The molecule has 1 saturated carbocycles. The average Bonchev–Trinajstić information content (AvgIpc) is 3.15. The standard InChI is InChI=1S/C14H16F2O2/c1-3-18-14(9-5-6-9)13(17)11-10(15)7-4-8(2)12(11)16/h4,7,9,14H,3,5-6H2,1-2H3. The molecule has 0 aliphatic heterocycles. The van der Waals surface area contributed by atoms with E-state index in [1.54, 1.807) is 6.92 Å². The van der Waals surface area contributed by atoms with Crippen LogP contribution in [0.25, 0.3) is 0 Å². The number of Topliss-reactive ketones (excluding diaryl/α,β-unsaturated/α-hetero) is 1. The fraction of sp³-hybridized carbons (Fsp3) is 0.500. The number of ether oxygens (including phenoxy) is 1. The Morgan fingerprint density at radius 1 is 1.44 bits per heavy atom. The summed E-state index contributed by atoms with van der Waals surface area (Å²) in [6.45, 7) is 3.64. The van der Waals surface area contributed by atoms with Crippen LogP contribution in [-0.4, -0.2) is 18.5 Å². The third-order valence-electron chi connectivity index (χ3n) is 3.19. The van der Waals surface area contributed by atoms with Crippen molar-refractivity contribution in [2.45, 2.75) is 32.8 Å². The number of hydrogen-bond acceptors (Lipinski definition) is 2. The number of hydrogen-bond donors (Lipinski definition) is 0. The summed E-state index contributed by atoms with van der Waals surface area (Å²) in [4.78, 5) is 12.2. The monoisotopic (exact) mass is 254 g/mol. The quantitative estimate of drug-likeness (QED) is 0.754. The van der Waals surface area contributed by atoms with Gasteiger partial charge in [-0.1, -0.05) is 6.07 Å². The molecule has 0 aromatic heterocycles. The van der Waals surface area contributed by atoms with Crippen LogP contribution >= 0.6 is 0 Å². The molecule has 0 saturated heterocycles. The van der Waals surface area contributed by atoms with Gasteiger partial charge in [-0.25, -0.2) is 8.78 Å². The van der Waals surface area contributed by atoms with Crippen molar-refractivity contribution < 1.29 is 18.3 Å². The van der Waals surface area contributed by atoms with Crippen molar-refractivity contribution in [3.05, 3.63) is 34.9 Å². The molecule has 1 aliphatic carbocycles. The number of carbonyl (C=O) groups excluding carboxylic acids is 1. The SMILES string of the molecule is CCOC(C(=O)c1c(F)ccc(C)c1F)C1CC1. The molecule has 0 radical (unpaired) electrons. The minimum absolute atomic E-state index is 0.108. The van der Waals surface area contributed by atoms with E-state index in [1.165, 1.54) is 13.0 Å². The number of ketones is 1. The molecule has 0 bridgehead atoms. The van der Waals surface area contributed by atoms with E-state index in [9.17, 15) is 13.6 Å². The molecule has 0 N–H and O–H groups in total. The molecule has 18 heavy (non-hydrogen) atoms. The van der Waals surface area contributed by atoms with E-state index in [-0.39, 0.29) is 11.5 Å². The zero-order valence-corrected chi connectivity index (χ0v) is 10.5. The first kappa shape index (κ1) is 13.1. The minimum atomic E-state index is -0.812. The summed E-state index contributed by atoms with van der Waals surface area (Å²) in [5.41, 5.74) is -0.189. The molecule has 98 valence electrons. The Hall–Kier alpha value is -1.29. The maximum Gasteiger partial charge on any atom is 0.197 e. The summed E-state index contributed by atoms with van der Waals surface area (Å²) in [7, 11) is 0. The van der Waals surface area contributed by atoms with Gasteiger partial charge in [0, 0.05) is 6.61 Å². The second-order valence-electron chi connectivity index (χ2n) is 4.63.